The van der Waals surface area contributed by atoms with Crippen molar-refractivity contribution in [1.82, 2.24) is 0 Å². The molecule has 0 bridgehead atoms. The highest BCUT2D eigenvalue weighted by Crippen LogP contribution is 2.24. The number of hydrogen-bond donors (Lipinski definition) is 5. The maximum absolute atomic E-state index is 12.6. The van der Waals surface area contributed by atoms with E-state index in [4.69, 9.17) is 26.2 Å². The predicted molar refractivity (Wildman–Crippen MR) is 116 cm³/mol. The Morgan fingerprint density at radius 3 is 2.44 bits per heavy atom. The quantitative estimate of drug-likeness (QED) is 0.323. The lowest BCUT2D eigenvalue weighted by Crippen LogP contribution is -2.48. The average molecular weight is 467 g/mol. The van der Waals surface area contributed by atoms with Crippen LogP contribution in [-0.2, 0) is 11.2 Å². The summed E-state index contributed by atoms with van der Waals surface area (Å²) in [5.74, 6) is -0.109. The molecule has 0 spiro atoms. The highest BCUT2D eigenvalue weighted by atomic mass is 35.5. The molecule has 174 valence electrons. The second kappa shape index (κ2) is 11.2. The lowest BCUT2D eigenvalue weighted by molar-refractivity contribution is -0.105. The van der Waals surface area contributed by atoms with Crippen LogP contribution in [0.3, 0.4) is 0 Å². The van der Waals surface area contributed by atoms with E-state index >= 15 is 0 Å². The molecule has 2 aromatic rings. The van der Waals surface area contributed by atoms with Gasteiger partial charge >= 0.3 is 0 Å². The van der Waals surface area contributed by atoms with Crippen LogP contribution in [0.2, 0.25) is 5.02 Å². The smallest absolute Gasteiger partial charge is 0.194 e. The fraction of sp³-hybridized carbons (Fsp3) is 0.435. The van der Waals surface area contributed by atoms with Gasteiger partial charge in [0.25, 0.3) is 0 Å². The highest BCUT2D eigenvalue weighted by molar-refractivity contribution is 6.31. The summed E-state index contributed by atoms with van der Waals surface area (Å²) >= 11 is 6.29. The van der Waals surface area contributed by atoms with Crippen LogP contribution in [0.15, 0.2) is 42.5 Å². The SMILES string of the molecule is O=C(c1ccc(Cl)c(Cc2ccc(O[C@H]3CCOC3)cc2)c1)[C@H](O)[C@@H](O)C(O)[C@H](O)CO. The van der Waals surface area contributed by atoms with Gasteiger partial charge in [-0.05, 0) is 47.9 Å². The Morgan fingerprint density at radius 2 is 1.81 bits per heavy atom. The van der Waals surface area contributed by atoms with Crippen molar-refractivity contribution in [2.45, 2.75) is 43.4 Å². The summed E-state index contributed by atoms with van der Waals surface area (Å²) < 4.78 is 11.1. The molecule has 1 heterocycles. The molecule has 5 N–H and O–H groups in total. The van der Waals surface area contributed by atoms with Gasteiger partial charge in [0.2, 0.25) is 0 Å². The zero-order valence-corrected chi connectivity index (χ0v) is 18.1. The first-order chi connectivity index (χ1) is 15.3. The van der Waals surface area contributed by atoms with E-state index in [0.29, 0.717) is 30.2 Å². The molecular weight excluding hydrogens is 440 g/mol. The summed E-state index contributed by atoms with van der Waals surface area (Å²) in [7, 11) is 0. The number of halogens is 1. The van der Waals surface area contributed by atoms with Crippen molar-refractivity contribution in [2.75, 3.05) is 19.8 Å². The third-order valence-corrected chi connectivity index (χ3v) is 5.73. The van der Waals surface area contributed by atoms with Gasteiger partial charge in [-0.3, -0.25) is 4.79 Å². The van der Waals surface area contributed by atoms with Crippen LogP contribution in [-0.4, -0.2) is 81.7 Å². The van der Waals surface area contributed by atoms with Gasteiger partial charge in [0.1, 0.15) is 36.3 Å². The Labute approximate surface area is 190 Å². The van der Waals surface area contributed by atoms with E-state index in [1.54, 1.807) is 0 Å². The number of rotatable bonds is 10. The topological polar surface area (TPSA) is 137 Å². The number of carbonyl (C=O) groups is 1. The summed E-state index contributed by atoms with van der Waals surface area (Å²) in [6.45, 7) is 0.445. The molecule has 0 aromatic heterocycles. The monoisotopic (exact) mass is 466 g/mol. The maximum Gasteiger partial charge on any atom is 0.194 e. The first kappa shape index (κ1) is 24.6. The first-order valence-electron chi connectivity index (χ1n) is 10.3. The van der Waals surface area contributed by atoms with Gasteiger partial charge in [-0.2, -0.15) is 0 Å². The normalized spacial score (nSPS) is 19.9. The largest absolute Gasteiger partial charge is 0.488 e. The van der Waals surface area contributed by atoms with Crippen LogP contribution in [0.25, 0.3) is 0 Å². The molecule has 1 aliphatic heterocycles. The number of ether oxygens (including phenoxy) is 2. The lowest BCUT2D eigenvalue weighted by atomic mass is 9.94. The molecule has 32 heavy (non-hydrogen) atoms. The van der Waals surface area contributed by atoms with Crippen LogP contribution in [0.4, 0.5) is 0 Å². The van der Waals surface area contributed by atoms with Crippen molar-refractivity contribution in [3.63, 3.8) is 0 Å². The Morgan fingerprint density at radius 1 is 1.09 bits per heavy atom. The Bertz CT molecular complexity index is 897. The van der Waals surface area contributed by atoms with Crippen molar-refractivity contribution >= 4 is 17.4 Å². The molecule has 1 saturated heterocycles. The molecular formula is C23H27ClO8. The average Bonchev–Trinajstić information content (AvgIpc) is 3.32. The summed E-state index contributed by atoms with van der Waals surface area (Å²) in [6, 6.07) is 11.9. The van der Waals surface area contributed by atoms with E-state index in [0.717, 1.165) is 17.7 Å². The minimum atomic E-state index is -1.99. The zero-order chi connectivity index (χ0) is 23.3. The third kappa shape index (κ3) is 6.05. The van der Waals surface area contributed by atoms with E-state index in [1.165, 1.54) is 18.2 Å². The highest BCUT2D eigenvalue weighted by Gasteiger charge is 2.34. The van der Waals surface area contributed by atoms with Gasteiger partial charge < -0.3 is 35.0 Å². The van der Waals surface area contributed by atoms with Gasteiger partial charge in [0.05, 0.1) is 19.8 Å². The molecule has 1 fully saturated rings. The van der Waals surface area contributed by atoms with Crippen molar-refractivity contribution < 1.29 is 39.8 Å². The zero-order valence-electron chi connectivity index (χ0n) is 17.3. The van der Waals surface area contributed by atoms with E-state index in [2.05, 4.69) is 0 Å². The van der Waals surface area contributed by atoms with Crippen LogP contribution in [0.1, 0.15) is 27.9 Å². The van der Waals surface area contributed by atoms with Crippen molar-refractivity contribution in [3.05, 3.63) is 64.2 Å². The number of aliphatic hydroxyl groups excluding tert-OH is 5. The standard InChI is InChI=1S/C23H27ClO8/c24-18-6-3-14(20(27)22(29)23(30)21(28)19(26)11-25)10-15(18)9-13-1-4-16(5-2-13)32-17-7-8-31-12-17/h1-6,10,17,19,21-23,25-26,28-30H,7-9,11-12H2/t17-,19+,21?,22-,23-/m0/s1. The van der Waals surface area contributed by atoms with Gasteiger partial charge in [0.15, 0.2) is 5.78 Å². The van der Waals surface area contributed by atoms with Gasteiger partial charge in [-0.25, -0.2) is 0 Å². The fourth-order valence-electron chi connectivity index (χ4n) is 3.42. The minimum absolute atomic E-state index is 0.0526. The summed E-state index contributed by atoms with van der Waals surface area (Å²) in [5.41, 5.74) is 1.64. The molecule has 3 rings (SSSR count). The van der Waals surface area contributed by atoms with Crippen molar-refractivity contribution in [2.24, 2.45) is 0 Å². The minimum Gasteiger partial charge on any atom is -0.488 e. The third-order valence-electron chi connectivity index (χ3n) is 5.36. The number of carbonyl (C=O) groups excluding carboxylic acids is 1. The van der Waals surface area contributed by atoms with Crippen LogP contribution in [0, 0.1) is 0 Å². The lowest BCUT2D eigenvalue weighted by Gasteiger charge is -2.25. The maximum atomic E-state index is 12.6. The molecule has 0 saturated carbocycles. The van der Waals surface area contributed by atoms with Crippen LogP contribution in [0.5, 0.6) is 5.75 Å². The molecule has 8 nitrogen and oxygen atoms in total. The van der Waals surface area contributed by atoms with E-state index in [1.807, 2.05) is 24.3 Å². The Kier molecular flexibility index (Phi) is 8.61. The molecule has 0 amide bonds. The second-order valence-electron chi connectivity index (χ2n) is 7.77. The van der Waals surface area contributed by atoms with Crippen LogP contribution < -0.4 is 4.74 Å². The van der Waals surface area contributed by atoms with Crippen LogP contribution >= 0.6 is 11.6 Å². The van der Waals surface area contributed by atoms with Gasteiger partial charge in [-0.1, -0.05) is 23.7 Å². The Hall–Kier alpha value is -2.04. The summed E-state index contributed by atoms with van der Waals surface area (Å²) in [4.78, 5) is 12.6. The van der Waals surface area contributed by atoms with Crippen molar-refractivity contribution in [3.8, 4) is 5.75 Å². The number of aliphatic hydroxyl groups is 5. The number of ketones is 1. The van der Waals surface area contributed by atoms with Gasteiger partial charge in [0, 0.05) is 17.0 Å². The number of benzene rings is 2. The molecule has 0 aliphatic carbocycles. The number of hydrogen-bond acceptors (Lipinski definition) is 8. The predicted octanol–water partition coefficient (Wildman–Crippen LogP) is 0.717. The first-order valence-corrected chi connectivity index (χ1v) is 10.7. The van der Waals surface area contributed by atoms with E-state index in [-0.39, 0.29) is 11.7 Å². The molecule has 1 unspecified atom stereocenters. The molecule has 2 aromatic carbocycles. The van der Waals surface area contributed by atoms with E-state index < -0.39 is 36.8 Å². The van der Waals surface area contributed by atoms with E-state index in [9.17, 15) is 25.2 Å². The fourth-order valence-corrected chi connectivity index (χ4v) is 3.60. The molecule has 0 radical (unpaired) electrons. The molecule has 1 aliphatic rings. The second-order valence-corrected chi connectivity index (χ2v) is 8.18. The summed E-state index contributed by atoms with van der Waals surface area (Å²) in [5, 5.41) is 48.6. The number of Topliss-reactive ketones (excluding diaryl/α,β-unsaturated/α-hetero) is 1. The molecule has 9 heteroatoms. The molecule has 5 atom stereocenters. The van der Waals surface area contributed by atoms with Crippen molar-refractivity contribution in [1.29, 1.82) is 0 Å². The van der Waals surface area contributed by atoms with Gasteiger partial charge in [-0.15, -0.1) is 0 Å². The summed E-state index contributed by atoms with van der Waals surface area (Å²) in [6.07, 6.45) is -6.22. The Balaban J connectivity index is 1.69.